The molecule has 72 valence electrons. The highest BCUT2D eigenvalue weighted by molar-refractivity contribution is 5.84. The third-order valence-corrected chi connectivity index (χ3v) is 5.17. The van der Waals surface area contributed by atoms with Gasteiger partial charge in [-0.15, -0.1) is 0 Å². The van der Waals surface area contributed by atoms with Gasteiger partial charge in [0.2, 0.25) is 0 Å². The van der Waals surface area contributed by atoms with Crippen molar-refractivity contribution in [1.29, 1.82) is 0 Å². The number of carbonyl (C=O) groups is 1. The molecule has 3 saturated carbocycles. The van der Waals surface area contributed by atoms with E-state index in [4.69, 9.17) is 0 Å². The fourth-order valence-electron chi connectivity index (χ4n) is 4.38. The van der Waals surface area contributed by atoms with Crippen LogP contribution in [0.5, 0.6) is 0 Å². The third-order valence-electron chi connectivity index (χ3n) is 5.17. The second-order valence-corrected chi connectivity index (χ2v) is 5.45. The summed E-state index contributed by atoms with van der Waals surface area (Å²) in [5.74, 6) is 2.90. The van der Waals surface area contributed by atoms with Gasteiger partial charge < -0.3 is 0 Å². The first-order valence-electron chi connectivity index (χ1n) is 5.77. The lowest BCUT2D eigenvalue weighted by molar-refractivity contribution is -0.145. The minimum Gasteiger partial charge on any atom is -0.299 e. The van der Waals surface area contributed by atoms with Gasteiger partial charge in [0.05, 0.1) is 0 Å². The highest BCUT2D eigenvalue weighted by Crippen LogP contribution is 2.65. The van der Waals surface area contributed by atoms with E-state index < -0.39 is 0 Å². The highest BCUT2D eigenvalue weighted by atomic mass is 16.1. The number of ketones is 1. The lowest BCUT2D eigenvalue weighted by atomic mass is 9.49. The summed E-state index contributed by atoms with van der Waals surface area (Å²) in [6.45, 7) is 2.39. The van der Waals surface area contributed by atoms with Crippen molar-refractivity contribution in [1.82, 2.24) is 0 Å². The first kappa shape index (κ1) is 8.02. The lowest BCUT2D eigenvalue weighted by Crippen LogP contribution is -2.51. The second-order valence-electron chi connectivity index (χ2n) is 5.45. The van der Waals surface area contributed by atoms with Gasteiger partial charge >= 0.3 is 0 Å². The van der Waals surface area contributed by atoms with Crippen LogP contribution in [0.4, 0.5) is 0 Å². The molecule has 0 aromatic rings. The summed E-state index contributed by atoms with van der Waals surface area (Å²) in [6.07, 6.45) is 7.40. The Labute approximate surface area is 79.9 Å². The van der Waals surface area contributed by atoms with Gasteiger partial charge in [0, 0.05) is 12.3 Å². The maximum Gasteiger partial charge on any atom is 0.136 e. The van der Waals surface area contributed by atoms with Crippen molar-refractivity contribution in [2.45, 2.75) is 45.4 Å². The van der Waals surface area contributed by atoms with E-state index in [0.29, 0.717) is 17.1 Å². The van der Waals surface area contributed by atoms with Gasteiger partial charge in [-0.2, -0.15) is 0 Å². The van der Waals surface area contributed by atoms with Crippen LogP contribution in [-0.2, 0) is 4.79 Å². The Morgan fingerprint density at radius 1 is 1.23 bits per heavy atom. The molecule has 0 saturated heterocycles. The van der Waals surface area contributed by atoms with Gasteiger partial charge in [0.15, 0.2) is 0 Å². The van der Waals surface area contributed by atoms with Gasteiger partial charge in [-0.25, -0.2) is 0 Å². The fourth-order valence-corrected chi connectivity index (χ4v) is 4.38. The Hall–Kier alpha value is -0.330. The molecule has 1 heteroatoms. The van der Waals surface area contributed by atoms with Crippen molar-refractivity contribution in [2.75, 3.05) is 0 Å². The maximum atomic E-state index is 11.7. The smallest absolute Gasteiger partial charge is 0.136 e. The molecule has 0 aromatic carbocycles. The molecule has 3 aliphatic rings. The molecule has 3 aliphatic carbocycles. The third kappa shape index (κ3) is 0.812. The summed E-state index contributed by atoms with van der Waals surface area (Å²) in [5.41, 5.74) is 0.523. The van der Waals surface area contributed by atoms with Crippen LogP contribution in [-0.4, -0.2) is 5.78 Å². The SMILES string of the molecule is CC1CCC23CCC2C(=O)CCC13. The van der Waals surface area contributed by atoms with E-state index in [1.165, 1.54) is 32.1 Å². The summed E-state index contributed by atoms with van der Waals surface area (Å²) in [6, 6.07) is 0. The Kier molecular flexibility index (Phi) is 1.46. The van der Waals surface area contributed by atoms with Crippen LogP contribution in [0.25, 0.3) is 0 Å². The number of Topliss-reactive ketones (excluding diaryl/α,β-unsaturated/α-hetero) is 1. The van der Waals surface area contributed by atoms with Gasteiger partial charge in [0.1, 0.15) is 5.78 Å². The van der Waals surface area contributed by atoms with Gasteiger partial charge in [-0.3, -0.25) is 4.79 Å². The predicted octanol–water partition coefficient (Wildman–Crippen LogP) is 2.79. The van der Waals surface area contributed by atoms with Crippen LogP contribution in [0.15, 0.2) is 0 Å². The molecule has 4 unspecified atom stereocenters. The molecule has 0 N–H and O–H groups in total. The van der Waals surface area contributed by atoms with Crippen molar-refractivity contribution < 1.29 is 4.79 Å². The monoisotopic (exact) mass is 178 g/mol. The minimum atomic E-state index is 0.496. The summed E-state index contributed by atoms with van der Waals surface area (Å²) in [7, 11) is 0. The lowest BCUT2D eigenvalue weighted by Gasteiger charge is -2.54. The van der Waals surface area contributed by atoms with E-state index >= 15 is 0 Å². The number of carbonyl (C=O) groups excluding carboxylic acids is 1. The normalized spacial score (nSPS) is 53.9. The predicted molar refractivity (Wildman–Crippen MR) is 51.3 cm³/mol. The zero-order chi connectivity index (χ0) is 9.05. The van der Waals surface area contributed by atoms with Crippen LogP contribution in [0.3, 0.4) is 0 Å². The molecule has 4 atom stereocenters. The van der Waals surface area contributed by atoms with Gasteiger partial charge in [0.25, 0.3) is 0 Å². The molecule has 0 radical (unpaired) electrons. The summed E-state index contributed by atoms with van der Waals surface area (Å²) in [4.78, 5) is 11.7. The maximum absolute atomic E-state index is 11.7. The van der Waals surface area contributed by atoms with Crippen LogP contribution >= 0.6 is 0 Å². The summed E-state index contributed by atoms with van der Waals surface area (Å²) < 4.78 is 0. The minimum absolute atomic E-state index is 0.496. The van der Waals surface area contributed by atoms with Gasteiger partial charge in [-0.05, 0) is 49.4 Å². The van der Waals surface area contributed by atoms with Crippen molar-refractivity contribution in [2.24, 2.45) is 23.2 Å². The van der Waals surface area contributed by atoms with E-state index in [0.717, 1.165) is 18.3 Å². The van der Waals surface area contributed by atoms with E-state index in [2.05, 4.69) is 6.92 Å². The molecule has 0 bridgehead atoms. The second kappa shape index (κ2) is 2.37. The Morgan fingerprint density at radius 2 is 2.00 bits per heavy atom. The average Bonchev–Trinajstić information content (AvgIpc) is 2.38. The van der Waals surface area contributed by atoms with Gasteiger partial charge in [-0.1, -0.05) is 6.92 Å². The van der Waals surface area contributed by atoms with Crippen LogP contribution in [0.1, 0.15) is 45.4 Å². The molecule has 0 aliphatic heterocycles. The quantitative estimate of drug-likeness (QED) is 0.557. The zero-order valence-corrected chi connectivity index (χ0v) is 8.38. The van der Waals surface area contributed by atoms with Crippen LogP contribution < -0.4 is 0 Å². The van der Waals surface area contributed by atoms with E-state index in [9.17, 15) is 4.79 Å². The van der Waals surface area contributed by atoms with Crippen molar-refractivity contribution in [3.05, 3.63) is 0 Å². The molecule has 0 heterocycles. The molecule has 1 spiro atoms. The Morgan fingerprint density at radius 3 is 2.69 bits per heavy atom. The average molecular weight is 178 g/mol. The molecule has 1 nitrogen and oxygen atoms in total. The van der Waals surface area contributed by atoms with Crippen molar-refractivity contribution in [3.8, 4) is 0 Å². The summed E-state index contributed by atoms with van der Waals surface area (Å²) in [5, 5.41) is 0. The molecular weight excluding hydrogens is 160 g/mol. The number of hydrogen-bond donors (Lipinski definition) is 0. The van der Waals surface area contributed by atoms with Crippen LogP contribution in [0, 0.1) is 23.2 Å². The largest absolute Gasteiger partial charge is 0.299 e. The zero-order valence-electron chi connectivity index (χ0n) is 8.38. The fraction of sp³-hybridized carbons (Fsp3) is 0.917. The van der Waals surface area contributed by atoms with E-state index in [1.807, 2.05) is 0 Å². The molecule has 0 aromatic heterocycles. The van der Waals surface area contributed by atoms with E-state index in [-0.39, 0.29) is 0 Å². The first-order valence-corrected chi connectivity index (χ1v) is 5.77. The van der Waals surface area contributed by atoms with Crippen molar-refractivity contribution >= 4 is 5.78 Å². The molecule has 3 fully saturated rings. The van der Waals surface area contributed by atoms with Crippen LogP contribution in [0.2, 0.25) is 0 Å². The first-order chi connectivity index (χ1) is 6.24. The summed E-state index contributed by atoms with van der Waals surface area (Å²) >= 11 is 0. The molecule has 0 amide bonds. The molecular formula is C12H18O. The molecule has 13 heavy (non-hydrogen) atoms. The van der Waals surface area contributed by atoms with Crippen molar-refractivity contribution in [3.63, 3.8) is 0 Å². The molecule has 3 rings (SSSR count). The standard InChI is InChI=1S/C12H18O/c1-8-4-6-12-7-5-10(12)11(13)3-2-9(8)12/h8-10H,2-7H2,1H3. The highest BCUT2D eigenvalue weighted by Gasteiger charge is 2.60. The topological polar surface area (TPSA) is 17.1 Å². The van der Waals surface area contributed by atoms with E-state index in [1.54, 1.807) is 0 Å². The number of rotatable bonds is 0. The number of hydrogen-bond acceptors (Lipinski definition) is 1. The Bertz CT molecular complexity index is 258. The Balaban J connectivity index is 1.95.